The van der Waals surface area contributed by atoms with E-state index in [1.54, 1.807) is 0 Å². The van der Waals surface area contributed by atoms with Gasteiger partial charge in [0.15, 0.2) is 0 Å². The Morgan fingerprint density at radius 3 is 1.84 bits per heavy atom. The van der Waals surface area contributed by atoms with Crippen molar-refractivity contribution in [2.24, 2.45) is 4.99 Å². The van der Waals surface area contributed by atoms with Crippen molar-refractivity contribution in [1.29, 1.82) is 0 Å². The number of hydrogen-bond donors (Lipinski definition) is 1. The second-order valence-electron chi connectivity index (χ2n) is 20.1. The molecule has 0 saturated heterocycles. The van der Waals surface area contributed by atoms with Crippen molar-refractivity contribution in [3.63, 3.8) is 0 Å². The lowest BCUT2D eigenvalue weighted by atomic mass is 9.79. The second kappa shape index (κ2) is 13.6. The van der Waals surface area contributed by atoms with E-state index in [2.05, 4.69) is 192 Å². The predicted molar refractivity (Wildman–Crippen MR) is 258 cm³/mol. The minimum atomic E-state index is -0.318. The Hall–Kier alpha value is -6.80. The molecule has 1 N–H and O–H groups in total. The topological polar surface area (TPSA) is 86.0 Å². The number of phenols is 1. The molecule has 63 heavy (non-hydrogen) atoms. The van der Waals surface area contributed by atoms with Crippen molar-refractivity contribution in [3.8, 4) is 39.9 Å². The smallest absolute Gasteiger partial charge is 0.222 e. The van der Waals surface area contributed by atoms with E-state index in [1.807, 2.05) is 6.07 Å². The fraction of sp³-hybridized carbons (Fsp3) is 0.273. The number of hydrogen-bond acceptors (Lipinski definition) is 5. The highest BCUT2D eigenvalue weighted by molar-refractivity contribution is 6.11. The molecule has 0 aliphatic carbocycles. The van der Waals surface area contributed by atoms with Crippen LogP contribution in [0.2, 0.25) is 0 Å². The van der Waals surface area contributed by atoms with E-state index in [0.717, 1.165) is 95.5 Å². The van der Waals surface area contributed by atoms with Gasteiger partial charge < -0.3 is 5.11 Å². The van der Waals surface area contributed by atoms with Crippen LogP contribution in [0.4, 0.5) is 5.69 Å². The first-order chi connectivity index (χ1) is 30.1. The van der Waals surface area contributed by atoms with Gasteiger partial charge in [0.25, 0.3) is 0 Å². The van der Waals surface area contributed by atoms with Gasteiger partial charge in [0.2, 0.25) is 5.95 Å². The standard InChI is InChI=1S/C55H53N7O/c1-30(2)33-19-15-20-34(31(3)4)48(33)60-43-26-16-21-35(46(43)58-50(60)38-28-32(54(5,6)7)29-39(49(38)63)55(8,9)10)36-22-17-27-44-47(36)59-53-61-42-25-14-13-24-41(42)57-52(61)45-37-18-11-12-23-40(37)56-51(45)62(44)53/h11-31,45,63H,1-10H3. The molecule has 0 radical (unpaired) electrons. The van der Waals surface area contributed by atoms with E-state index in [1.165, 1.54) is 11.1 Å². The van der Waals surface area contributed by atoms with Crippen LogP contribution >= 0.6 is 0 Å². The molecule has 1 unspecified atom stereocenters. The van der Waals surface area contributed by atoms with E-state index in [4.69, 9.17) is 19.9 Å². The van der Waals surface area contributed by atoms with Gasteiger partial charge in [0.05, 0.1) is 50.0 Å². The Kier molecular flexibility index (Phi) is 8.43. The average Bonchev–Trinajstić information content (AvgIpc) is 4.02. The molecule has 6 aromatic carbocycles. The molecule has 0 saturated carbocycles. The largest absolute Gasteiger partial charge is 0.507 e. The van der Waals surface area contributed by atoms with E-state index >= 15 is 0 Å². The van der Waals surface area contributed by atoms with Crippen molar-refractivity contribution in [2.75, 3.05) is 0 Å². The highest BCUT2D eigenvalue weighted by Gasteiger charge is 2.41. The molecule has 3 aromatic heterocycles. The fourth-order valence-electron chi connectivity index (χ4n) is 10.0. The number of aromatic hydroxyl groups is 1. The summed E-state index contributed by atoms with van der Waals surface area (Å²) >= 11 is 0. The second-order valence-corrected chi connectivity index (χ2v) is 20.1. The molecule has 5 heterocycles. The Bertz CT molecular complexity index is 3370. The predicted octanol–water partition coefficient (Wildman–Crippen LogP) is 13.6. The van der Waals surface area contributed by atoms with E-state index in [9.17, 15) is 5.11 Å². The number of rotatable bonds is 5. The van der Waals surface area contributed by atoms with Crippen LogP contribution in [-0.2, 0) is 10.8 Å². The minimum Gasteiger partial charge on any atom is -0.507 e. The number of benzene rings is 6. The lowest BCUT2D eigenvalue weighted by Gasteiger charge is -2.28. The van der Waals surface area contributed by atoms with Gasteiger partial charge in [-0.3, -0.25) is 13.7 Å². The molecular formula is C55H53N7O. The quantitative estimate of drug-likeness (QED) is 0.187. The number of aliphatic imine (C=N–C) groups is 1. The normalized spacial score (nSPS) is 14.8. The zero-order chi connectivity index (χ0) is 43.9. The molecule has 0 spiro atoms. The average molecular weight is 828 g/mol. The molecule has 0 fully saturated rings. The third-order valence-electron chi connectivity index (χ3n) is 13.2. The number of imidazole rings is 3. The molecule has 8 heteroatoms. The fourth-order valence-corrected chi connectivity index (χ4v) is 10.0. The summed E-state index contributed by atoms with van der Waals surface area (Å²) in [5, 5.41) is 12.5. The number of fused-ring (bicyclic) bond motifs is 13. The zero-order valence-corrected chi connectivity index (χ0v) is 37.8. The summed E-state index contributed by atoms with van der Waals surface area (Å²) in [6.45, 7) is 22.3. The first-order valence-electron chi connectivity index (χ1n) is 22.3. The molecule has 314 valence electrons. The maximum atomic E-state index is 12.5. The van der Waals surface area contributed by atoms with Crippen molar-refractivity contribution >= 4 is 44.6 Å². The number of phenolic OH excluding ortho intramolecular Hbond substituents is 1. The molecule has 9 aromatic rings. The lowest BCUT2D eigenvalue weighted by Crippen LogP contribution is -2.29. The van der Waals surface area contributed by atoms with Gasteiger partial charge in [-0.15, -0.1) is 0 Å². The molecule has 0 bridgehead atoms. The van der Waals surface area contributed by atoms with Gasteiger partial charge in [-0.05, 0) is 81.3 Å². The van der Waals surface area contributed by atoms with Crippen LogP contribution in [0.15, 0.2) is 120 Å². The highest BCUT2D eigenvalue weighted by atomic mass is 16.3. The van der Waals surface area contributed by atoms with Crippen molar-refractivity contribution in [3.05, 3.63) is 149 Å². The third kappa shape index (κ3) is 5.72. The Morgan fingerprint density at radius 2 is 1.17 bits per heavy atom. The van der Waals surface area contributed by atoms with Crippen molar-refractivity contribution < 1.29 is 5.11 Å². The van der Waals surface area contributed by atoms with Crippen LogP contribution in [0, 0.1) is 0 Å². The van der Waals surface area contributed by atoms with Crippen LogP contribution in [0.5, 0.6) is 5.75 Å². The monoisotopic (exact) mass is 827 g/mol. The Balaban J connectivity index is 1.24. The van der Waals surface area contributed by atoms with Gasteiger partial charge in [-0.1, -0.05) is 148 Å². The summed E-state index contributed by atoms with van der Waals surface area (Å²) < 4.78 is 6.81. The van der Waals surface area contributed by atoms with Gasteiger partial charge in [-0.25, -0.2) is 19.9 Å². The SMILES string of the molecule is CC(C)c1cccc(C(C)C)c1-n1c(-c2cc(C(C)(C)C)cc(C(C)(C)C)c2O)nc2c(-c3cccc4c3nc3n4C4=Nc5ccccc5C4c4nc5ccccc5n4-3)cccc21. The maximum absolute atomic E-state index is 12.5. The van der Waals surface area contributed by atoms with Crippen LogP contribution in [0.25, 0.3) is 67.3 Å². The molecule has 11 rings (SSSR count). The maximum Gasteiger partial charge on any atom is 0.222 e. The first-order valence-corrected chi connectivity index (χ1v) is 22.3. The summed E-state index contributed by atoms with van der Waals surface area (Å²) in [6.07, 6.45) is 0. The summed E-state index contributed by atoms with van der Waals surface area (Å²) in [4.78, 5) is 21.8. The molecule has 2 aliphatic heterocycles. The molecule has 0 amide bonds. The van der Waals surface area contributed by atoms with E-state index < -0.39 is 0 Å². The van der Waals surface area contributed by atoms with Crippen molar-refractivity contribution in [2.45, 2.75) is 97.8 Å². The number of aromatic nitrogens is 6. The van der Waals surface area contributed by atoms with E-state index in [0.29, 0.717) is 5.82 Å². The highest BCUT2D eigenvalue weighted by Crippen LogP contribution is 2.49. The summed E-state index contributed by atoms with van der Waals surface area (Å²) in [5.74, 6) is 3.91. The Labute approximate surface area is 368 Å². The van der Waals surface area contributed by atoms with Crippen LogP contribution in [0.3, 0.4) is 0 Å². The number of para-hydroxylation sites is 6. The number of nitrogens with zero attached hydrogens (tertiary/aromatic N) is 7. The van der Waals surface area contributed by atoms with Crippen LogP contribution in [-0.4, -0.2) is 39.6 Å². The lowest BCUT2D eigenvalue weighted by molar-refractivity contribution is 0.446. The summed E-state index contributed by atoms with van der Waals surface area (Å²) in [6, 6.07) is 40.7. The van der Waals surface area contributed by atoms with Gasteiger partial charge in [-0.2, -0.15) is 0 Å². The third-order valence-corrected chi connectivity index (χ3v) is 13.2. The van der Waals surface area contributed by atoms with Gasteiger partial charge in [0.1, 0.15) is 29.2 Å². The van der Waals surface area contributed by atoms with E-state index in [-0.39, 0.29) is 34.3 Å². The van der Waals surface area contributed by atoms with Crippen LogP contribution in [0.1, 0.15) is 121 Å². The molecule has 8 nitrogen and oxygen atoms in total. The Morgan fingerprint density at radius 1 is 0.571 bits per heavy atom. The minimum absolute atomic E-state index is 0.144. The molecular weight excluding hydrogens is 775 g/mol. The first kappa shape index (κ1) is 39.1. The van der Waals surface area contributed by atoms with Crippen molar-refractivity contribution in [1.82, 2.24) is 28.7 Å². The van der Waals surface area contributed by atoms with Gasteiger partial charge >= 0.3 is 0 Å². The molecule has 2 aliphatic rings. The van der Waals surface area contributed by atoms with Gasteiger partial charge in [0, 0.05) is 16.7 Å². The zero-order valence-electron chi connectivity index (χ0n) is 37.8. The molecule has 1 atom stereocenters. The van der Waals surface area contributed by atoms with Crippen LogP contribution < -0.4 is 0 Å². The summed E-state index contributed by atoms with van der Waals surface area (Å²) in [7, 11) is 0. The summed E-state index contributed by atoms with van der Waals surface area (Å²) in [5.41, 5.74) is 15.5.